The lowest BCUT2D eigenvalue weighted by Crippen LogP contribution is -2.20. The summed E-state index contributed by atoms with van der Waals surface area (Å²) in [4.78, 5) is 15.7. The molecule has 1 heterocycles. The number of nitrogens with one attached hydrogen (secondary N) is 1. The Morgan fingerprint density at radius 3 is 2.75 bits per heavy atom. The van der Waals surface area contributed by atoms with Crippen molar-refractivity contribution in [1.82, 2.24) is 9.55 Å². The van der Waals surface area contributed by atoms with Crippen LogP contribution < -0.4 is 5.56 Å². The summed E-state index contributed by atoms with van der Waals surface area (Å²) in [5.74, 6) is 0. The van der Waals surface area contributed by atoms with Crippen molar-refractivity contribution in [2.75, 3.05) is 0 Å². The predicted octanol–water partition coefficient (Wildman–Crippen LogP) is 4.01. The number of nitrogens with zero attached hydrogens (tertiary/aromatic N) is 1. The van der Waals surface area contributed by atoms with Crippen molar-refractivity contribution in [2.45, 2.75) is 6.92 Å². The normalized spacial score (nSPS) is 10.9. The van der Waals surface area contributed by atoms with Gasteiger partial charge in [0, 0.05) is 0 Å². The predicted molar refractivity (Wildman–Crippen MR) is 84.5 cm³/mol. The van der Waals surface area contributed by atoms with Crippen LogP contribution in [0, 0.1) is 11.7 Å². The van der Waals surface area contributed by atoms with Crippen molar-refractivity contribution in [3.8, 4) is 5.69 Å². The number of fused-ring (bicyclic) bond motifs is 1. The van der Waals surface area contributed by atoms with E-state index in [9.17, 15) is 4.79 Å². The van der Waals surface area contributed by atoms with Crippen LogP contribution in [0.2, 0.25) is 5.02 Å². The van der Waals surface area contributed by atoms with Gasteiger partial charge in [-0.2, -0.15) is 0 Å². The monoisotopic (exact) mass is 302 g/mol. The molecule has 0 fully saturated rings. The van der Waals surface area contributed by atoms with E-state index in [1.165, 1.54) is 4.57 Å². The Bertz CT molecular complexity index is 927. The molecule has 1 aromatic heterocycles. The van der Waals surface area contributed by atoms with Crippen LogP contribution in [0.4, 0.5) is 0 Å². The van der Waals surface area contributed by atoms with E-state index >= 15 is 0 Å². The van der Waals surface area contributed by atoms with Crippen LogP contribution in [-0.4, -0.2) is 9.55 Å². The van der Waals surface area contributed by atoms with Crippen molar-refractivity contribution in [1.29, 1.82) is 0 Å². The van der Waals surface area contributed by atoms with Crippen LogP contribution >= 0.6 is 23.8 Å². The first-order valence-corrected chi connectivity index (χ1v) is 6.87. The Hall–Kier alpha value is -1.91. The van der Waals surface area contributed by atoms with E-state index in [0.29, 0.717) is 20.9 Å². The van der Waals surface area contributed by atoms with Gasteiger partial charge in [-0.1, -0.05) is 29.8 Å². The molecule has 0 unspecified atom stereocenters. The van der Waals surface area contributed by atoms with Crippen LogP contribution in [0.5, 0.6) is 0 Å². The number of benzene rings is 2. The van der Waals surface area contributed by atoms with Gasteiger partial charge in [0.2, 0.25) is 0 Å². The van der Waals surface area contributed by atoms with E-state index in [1.807, 2.05) is 37.3 Å². The van der Waals surface area contributed by atoms with Crippen molar-refractivity contribution < 1.29 is 0 Å². The molecule has 0 spiro atoms. The maximum Gasteiger partial charge on any atom is 0.266 e. The van der Waals surface area contributed by atoms with E-state index in [1.54, 1.807) is 12.1 Å². The first kappa shape index (κ1) is 13.1. The van der Waals surface area contributed by atoms with Gasteiger partial charge in [0.05, 0.1) is 21.6 Å². The highest BCUT2D eigenvalue weighted by atomic mass is 35.5. The summed E-state index contributed by atoms with van der Waals surface area (Å²) in [5, 5.41) is 1.08. The van der Waals surface area contributed by atoms with E-state index < -0.39 is 0 Å². The zero-order chi connectivity index (χ0) is 14.3. The number of rotatable bonds is 1. The number of aromatic amines is 1. The van der Waals surface area contributed by atoms with Gasteiger partial charge < -0.3 is 4.98 Å². The maximum absolute atomic E-state index is 12.6. The van der Waals surface area contributed by atoms with Gasteiger partial charge >= 0.3 is 0 Å². The number of hydrogen-bond acceptors (Lipinski definition) is 2. The standard InChI is InChI=1S/C15H11ClN2OS/c1-9-6-7-11(16)13(8-9)18-14(19)10-4-2-3-5-12(10)17-15(18)20/h2-8H,1H3,(H,17,20). The largest absolute Gasteiger partial charge is 0.331 e. The molecule has 0 radical (unpaired) electrons. The number of hydrogen-bond donors (Lipinski definition) is 1. The van der Waals surface area contributed by atoms with Gasteiger partial charge in [0.25, 0.3) is 5.56 Å². The van der Waals surface area contributed by atoms with Gasteiger partial charge in [-0.05, 0) is 49.0 Å². The summed E-state index contributed by atoms with van der Waals surface area (Å²) in [6.07, 6.45) is 0. The lowest BCUT2D eigenvalue weighted by atomic mass is 10.2. The second kappa shape index (κ2) is 4.89. The molecular formula is C15H11ClN2OS. The van der Waals surface area contributed by atoms with Crippen LogP contribution in [-0.2, 0) is 0 Å². The molecule has 0 atom stereocenters. The van der Waals surface area contributed by atoms with Gasteiger partial charge in [-0.3, -0.25) is 9.36 Å². The number of aromatic nitrogens is 2. The Balaban J connectivity index is 2.46. The lowest BCUT2D eigenvalue weighted by molar-refractivity contribution is 0.938. The number of H-pyrrole nitrogens is 1. The topological polar surface area (TPSA) is 37.8 Å². The molecule has 3 rings (SSSR count). The lowest BCUT2D eigenvalue weighted by Gasteiger charge is -2.10. The van der Waals surface area contributed by atoms with Gasteiger partial charge in [-0.25, -0.2) is 0 Å². The molecule has 3 nitrogen and oxygen atoms in total. The van der Waals surface area contributed by atoms with Gasteiger partial charge in [-0.15, -0.1) is 0 Å². The zero-order valence-electron chi connectivity index (χ0n) is 10.7. The third kappa shape index (κ3) is 2.07. The minimum absolute atomic E-state index is 0.170. The fraction of sp³-hybridized carbons (Fsp3) is 0.0667. The molecule has 5 heteroatoms. The molecule has 3 aromatic rings. The van der Waals surface area contributed by atoms with E-state index in [0.717, 1.165) is 11.1 Å². The minimum atomic E-state index is -0.170. The molecule has 0 aliphatic carbocycles. The molecule has 0 saturated heterocycles. The summed E-state index contributed by atoms with van der Waals surface area (Å²) >= 11 is 11.5. The van der Waals surface area contributed by atoms with Crippen molar-refractivity contribution >= 4 is 34.7 Å². The molecule has 0 saturated carbocycles. The minimum Gasteiger partial charge on any atom is -0.331 e. The molecule has 1 N–H and O–H groups in total. The average Bonchev–Trinajstić information content (AvgIpc) is 2.42. The molecule has 0 bridgehead atoms. The molecular weight excluding hydrogens is 292 g/mol. The summed E-state index contributed by atoms with van der Waals surface area (Å²) in [7, 11) is 0. The zero-order valence-corrected chi connectivity index (χ0v) is 12.3. The number of para-hydroxylation sites is 1. The Kier molecular flexibility index (Phi) is 3.20. The third-order valence-corrected chi connectivity index (χ3v) is 3.75. The maximum atomic E-state index is 12.6. The SMILES string of the molecule is Cc1ccc(Cl)c(-n2c(=S)[nH]c3ccccc3c2=O)c1. The van der Waals surface area contributed by atoms with Crippen LogP contribution in [0.1, 0.15) is 5.56 Å². The van der Waals surface area contributed by atoms with E-state index in [2.05, 4.69) is 4.98 Å². The second-order valence-corrected chi connectivity index (χ2v) is 5.37. The molecule has 0 aliphatic heterocycles. The quantitative estimate of drug-likeness (QED) is 0.690. The van der Waals surface area contributed by atoms with Crippen molar-refractivity contribution in [3.63, 3.8) is 0 Å². The molecule has 2 aromatic carbocycles. The highest BCUT2D eigenvalue weighted by Crippen LogP contribution is 2.21. The Labute approximate surface area is 125 Å². The summed E-state index contributed by atoms with van der Waals surface area (Å²) < 4.78 is 1.77. The Morgan fingerprint density at radius 1 is 1.20 bits per heavy atom. The van der Waals surface area contributed by atoms with E-state index in [-0.39, 0.29) is 5.56 Å². The van der Waals surface area contributed by atoms with Crippen LogP contribution in [0.15, 0.2) is 47.3 Å². The van der Waals surface area contributed by atoms with Gasteiger partial charge in [0.15, 0.2) is 4.77 Å². The summed E-state index contributed by atoms with van der Waals surface area (Å²) in [5.41, 5.74) is 2.17. The third-order valence-electron chi connectivity index (χ3n) is 3.15. The Morgan fingerprint density at radius 2 is 1.95 bits per heavy atom. The average molecular weight is 303 g/mol. The first-order valence-electron chi connectivity index (χ1n) is 6.08. The number of halogens is 1. The number of aryl methyl sites for hydroxylation is 1. The highest BCUT2D eigenvalue weighted by Gasteiger charge is 2.10. The molecule has 20 heavy (non-hydrogen) atoms. The van der Waals surface area contributed by atoms with Crippen LogP contribution in [0.3, 0.4) is 0 Å². The van der Waals surface area contributed by atoms with Crippen molar-refractivity contribution in [2.24, 2.45) is 0 Å². The fourth-order valence-electron chi connectivity index (χ4n) is 2.18. The van der Waals surface area contributed by atoms with Crippen molar-refractivity contribution in [3.05, 3.63) is 68.2 Å². The molecule has 0 aliphatic rings. The summed E-state index contributed by atoms with van der Waals surface area (Å²) in [6, 6.07) is 12.8. The molecule has 0 amide bonds. The van der Waals surface area contributed by atoms with E-state index in [4.69, 9.17) is 23.8 Å². The highest BCUT2D eigenvalue weighted by molar-refractivity contribution is 7.71. The first-order chi connectivity index (χ1) is 9.58. The second-order valence-electron chi connectivity index (χ2n) is 4.57. The van der Waals surface area contributed by atoms with Crippen LogP contribution in [0.25, 0.3) is 16.6 Å². The summed E-state index contributed by atoms with van der Waals surface area (Å²) in [6.45, 7) is 1.94. The fourth-order valence-corrected chi connectivity index (χ4v) is 2.67. The molecule has 100 valence electrons. The smallest absolute Gasteiger partial charge is 0.266 e. The van der Waals surface area contributed by atoms with Gasteiger partial charge in [0.1, 0.15) is 0 Å².